The van der Waals surface area contributed by atoms with Gasteiger partial charge in [0.05, 0.1) is 12.6 Å². The van der Waals surface area contributed by atoms with E-state index < -0.39 is 0 Å². The van der Waals surface area contributed by atoms with E-state index in [1.54, 1.807) is 32.2 Å². The predicted octanol–water partition coefficient (Wildman–Crippen LogP) is 1.70. The smallest absolute Gasteiger partial charge is 0.317 e. The molecule has 3 atom stereocenters. The third-order valence-electron chi connectivity index (χ3n) is 3.65. The number of nitrogens with one attached hydrogen (secondary N) is 1. The first kappa shape index (κ1) is 13.8. The Hall–Kier alpha value is -1.62. The number of benzene rings is 1. The van der Waals surface area contributed by atoms with Gasteiger partial charge in [-0.25, -0.2) is 9.18 Å². The standard InChI is InChI=1S/C14H19FN2O2/c1-9(8-18)17(2)14(19)16-13-7-11(13)10-5-3-4-6-12(10)15/h3-6,9,11,13,18H,7-8H2,1-2H3,(H,16,19). The Labute approximate surface area is 112 Å². The highest BCUT2D eigenvalue weighted by molar-refractivity contribution is 5.75. The van der Waals surface area contributed by atoms with Crippen LogP contribution in [0.5, 0.6) is 0 Å². The van der Waals surface area contributed by atoms with Gasteiger partial charge in [0.15, 0.2) is 0 Å². The van der Waals surface area contributed by atoms with Crippen molar-refractivity contribution in [2.24, 2.45) is 0 Å². The van der Waals surface area contributed by atoms with Crippen molar-refractivity contribution in [3.63, 3.8) is 0 Å². The summed E-state index contributed by atoms with van der Waals surface area (Å²) in [5, 5.41) is 11.9. The van der Waals surface area contributed by atoms with Gasteiger partial charge in [-0.05, 0) is 25.0 Å². The first-order chi connectivity index (χ1) is 9.04. The van der Waals surface area contributed by atoms with Crippen LogP contribution in [0.3, 0.4) is 0 Å². The molecule has 104 valence electrons. The fourth-order valence-corrected chi connectivity index (χ4v) is 2.06. The molecule has 1 saturated carbocycles. The van der Waals surface area contributed by atoms with E-state index in [-0.39, 0.29) is 36.5 Å². The van der Waals surface area contributed by atoms with Gasteiger partial charge in [-0.3, -0.25) is 0 Å². The Bertz CT molecular complexity index is 467. The van der Waals surface area contributed by atoms with Gasteiger partial charge in [-0.15, -0.1) is 0 Å². The number of aliphatic hydroxyl groups excluding tert-OH is 1. The van der Waals surface area contributed by atoms with Gasteiger partial charge in [0.25, 0.3) is 0 Å². The lowest BCUT2D eigenvalue weighted by atomic mass is 10.1. The average molecular weight is 266 g/mol. The molecule has 5 heteroatoms. The van der Waals surface area contributed by atoms with Gasteiger partial charge < -0.3 is 15.3 Å². The van der Waals surface area contributed by atoms with Crippen LogP contribution in [0.1, 0.15) is 24.8 Å². The minimum Gasteiger partial charge on any atom is -0.394 e. The van der Waals surface area contributed by atoms with Crippen molar-refractivity contribution < 1.29 is 14.3 Å². The summed E-state index contributed by atoms with van der Waals surface area (Å²) in [6.07, 6.45) is 0.758. The second-order valence-electron chi connectivity index (χ2n) is 5.06. The van der Waals surface area contributed by atoms with E-state index in [1.165, 1.54) is 11.0 Å². The van der Waals surface area contributed by atoms with Gasteiger partial charge in [-0.2, -0.15) is 0 Å². The van der Waals surface area contributed by atoms with Crippen LogP contribution in [0.2, 0.25) is 0 Å². The number of hydrogen-bond acceptors (Lipinski definition) is 2. The molecule has 2 rings (SSSR count). The summed E-state index contributed by atoms with van der Waals surface area (Å²) in [6, 6.07) is 6.17. The third kappa shape index (κ3) is 3.04. The molecule has 0 radical (unpaired) electrons. The number of rotatable bonds is 4. The Balaban J connectivity index is 1.91. The van der Waals surface area contributed by atoms with Crippen molar-refractivity contribution in [2.45, 2.75) is 31.3 Å². The zero-order valence-corrected chi connectivity index (χ0v) is 11.1. The van der Waals surface area contributed by atoms with E-state index in [9.17, 15) is 9.18 Å². The van der Waals surface area contributed by atoms with Crippen LogP contribution in [0.15, 0.2) is 24.3 Å². The molecule has 2 N–H and O–H groups in total. The number of carbonyl (C=O) groups excluding carboxylic acids is 1. The molecule has 1 aromatic rings. The van der Waals surface area contributed by atoms with Gasteiger partial charge in [0, 0.05) is 19.0 Å². The maximum Gasteiger partial charge on any atom is 0.317 e. The summed E-state index contributed by atoms with van der Waals surface area (Å²) >= 11 is 0. The van der Waals surface area contributed by atoms with E-state index in [0.717, 1.165) is 6.42 Å². The lowest BCUT2D eigenvalue weighted by Crippen LogP contribution is -2.44. The van der Waals surface area contributed by atoms with Crippen molar-refractivity contribution in [1.29, 1.82) is 0 Å². The molecule has 1 fully saturated rings. The van der Waals surface area contributed by atoms with E-state index >= 15 is 0 Å². The molecule has 0 bridgehead atoms. The minimum absolute atomic E-state index is 0.0160. The molecule has 3 unspecified atom stereocenters. The molecule has 0 spiro atoms. The molecule has 0 heterocycles. The first-order valence-corrected chi connectivity index (χ1v) is 6.43. The molecule has 0 saturated heterocycles. The lowest BCUT2D eigenvalue weighted by molar-refractivity contribution is 0.157. The van der Waals surface area contributed by atoms with Crippen LogP contribution < -0.4 is 5.32 Å². The van der Waals surface area contributed by atoms with Crippen LogP contribution >= 0.6 is 0 Å². The van der Waals surface area contributed by atoms with Crippen molar-refractivity contribution in [3.05, 3.63) is 35.6 Å². The second kappa shape index (κ2) is 5.57. The topological polar surface area (TPSA) is 52.6 Å². The van der Waals surface area contributed by atoms with E-state index in [2.05, 4.69) is 5.32 Å². The summed E-state index contributed by atoms with van der Waals surface area (Å²) in [7, 11) is 1.64. The zero-order valence-electron chi connectivity index (χ0n) is 11.1. The Morgan fingerprint density at radius 1 is 1.58 bits per heavy atom. The summed E-state index contributed by atoms with van der Waals surface area (Å²) in [6.45, 7) is 1.69. The third-order valence-corrected chi connectivity index (χ3v) is 3.65. The summed E-state index contributed by atoms with van der Waals surface area (Å²) in [5.41, 5.74) is 0.658. The molecule has 19 heavy (non-hydrogen) atoms. The van der Waals surface area contributed by atoms with Crippen LogP contribution in [0, 0.1) is 5.82 Å². The minimum atomic E-state index is -0.231. The highest BCUT2D eigenvalue weighted by atomic mass is 19.1. The predicted molar refractivity (Wildman–Crippen MR) is 70.4 cm³/mol. The van der Waals surface area contributed by atoms with Gasteiger partial charge in [0.1, 0.15) is 5.82 Å². The van der Waals surface area contributed by atoms with Crippen LogP contribution in [0.4, 0.5) is 9.18 Å². The van der Waals surface area contributed by atoms with E-state index in [1.807, 2.05) is 0 Å². The van der Waals surface area contributed by atoms with Crippen molar-refractivity contribution >= 4 is 6.03 Å². The number of amides is 2. The number of urea groups is 1. The molecular weight excluding hydrogens is 247 g/mol. The van der Waals surface area contributed by atoms with E-state index in [4.69, 9.17) is 5.11 Å². The summed E-state index contributed by atoms with van der Waals surface area (Å²) < 4.78 is 13.6. The summed E-state index contributed by atoms with van der Waals surface area (Å²) in [4.78, 5) is 13.3. The fraction of sp³-hybridized carbons (Fsp3) is 0.500. The molecule has 1 aliphatic carbocycles. The maximum atomic E-state index is 13.6. The SMILES string of the molecule is CC(CO)N(C)C(=O)NC1CC1c1ccccc1F. The number of nitrogens with zero attached hydrogens (tertiary/aromatic N) is 1. The van der Waals surface area contributed by atoms with Gasteiger partial charge in [-0.1, -0.05) is 18.2 Å². The number of aliphatic hydroxyl groups is 1. The van der Waals surface area contributed by atoms with Crippen molar-refractivity contribution in [1.82, 2.24) is 10.2 Å². The number of hydrogen-bond donors (Lipinski definition) is 2. The molecule has 0 aromatic heterocycles. The van der Waals surface area contributed by atoms with E-state index in [0.29, 0.717) is 5.56 Å². The highest BCUT2D eigenvalue weighted by Gasteiger charge is 2.41. The van der Waals surface area contributed by atoms with Crippen LogP contribution in [0.25, 0.3) is 0 Å². The number of likely N-dealkylation sites (N-methyl/N-ethyl adjacent to an activating group) is 1. The maximum absolute atomic E-state index is 13.6. The lowest BCUT2D eigenvalue weighted by Gasteiger charge is -2.23. The normalized spacial score (nSPS) is 22.7. The van der Waals surface area contributed by atoms with Crippen LogP contribution in [-0.4, -0.2) is 41.8 Å². The molecular formula is C14H19FN2O2. The fourth-order valence-electron chi connectivity index (χ4n) is 2.06. The largest absolute Gasteiger partial charge is 0.394 e. The molecule has 1 aromatic carbocycles. The molecule has 0 aliphatic heterocycles. The number of halogens is 1. The van der Waals surface area contributed by atoms with Gasteiger partial charge >= 0.3 is 6.03 Å². The quantitative estimate of drug-likeness (QED) is 0.871. The average Bonchev–Trinajstić information content (AvgIpc) is 3.16. The van der Waals surface area contributed by atoms with Gasteiger partial charge in [0.2, 0.25) is 0 Å². The van der Waals surface area contributed by atoms with Crippen LogP contribution in [-0.2, 0) is 0 Å². The molecule has 4 nitrogen and oxygen atoms in total. The first-order valence-electron chi connectivity index (χ1n) is 6.43. The molecule has 1 aliphatic rings. The zero-order chi connectivity index (χ0) is 14.0. The Morgan fingerprint density at radius 3 is 2.89 bits per heavy atom. The Kier molecular flexibility index (Phi) is 4.04. The molecule has 2 amide bonds. The number of carbonyl (C=O) groups is 1. The highest BCUT2D eigenvalue weighted by Crippen LogP contribution is 2.41. The van der Waals surface area contributed by atoms with Crippen molar-refractivity contribution in [3.8, 4) is 0 Å². The monoisotopic (exact) mass is 266 g/mol. The summed E-state index contributed by atoms with van der Waals surface area (Å²) in [5.74, 6) is -0.163. The van der Waals surface area contributed by atoms with Crippen molar-refractivity contribution in [2.75, 3.05) is 13.7 Å². The second-order valence-corrected chi connectivity index (χ2v) is 5.06. The Morgan fingerprint density at radius 2 is 2.26 bits per heavy atom.